The Morgan fingerprint density at radius 2 is 2.22 bits per heavy atom. The van der Waals surface area contributed by atoms with Crippen molar-refractivity contribution in [2.45, 2.75) is 5.16 Å². The summed E-state index contributed by atoms with van der Waals surface area (Å²) in [4.78, 5) is 39.7. The number of halogens is 1. The van der Waals surface area contributed by atoms with E-state index in [1.54, 1.807) is 0 Å². The molecule has 0 atom stereocenters. The molecule has 0 radical (unpaired) electrons. The zero-order valence-electron chi connectivity index (χ0n) is 11.4. The second-order valence-corrected chi connectivity index (χ2v) is 5.63. The van der Waals surface area contributed by atoms with Crippen molar-refractivity contribution in [3.63, 3.8) is 0 Å². The van der Waals surface area contributed by atoms with Crippen LogP contribution in [0.3, 0.4) is 0 Å². The Kier molecular flexibility index (Phi) is 5.19. The number of hydrogen-bond acceptors (Lipinski definition) is 7. The fourth-order valence-electron chi connectivity index (χ4n) is 1.60. The highest BCUT2D eigenvalue weighted by Gasteiger charge is 2.16. The molecule has 2 rings (SSSR count). The number of benzene rings is 1. The molecule has 0 aliphatic carbocycles. The lowest BCUT2D eigenvalue weighted by molar-refractivity contribution is -0.383. The second-order valence-electron chi connectivity index (χ2n) is 4.23. The van der Waals surface area contributed by atoms with Gasteiger partial charge in [-0.15, -0.1) is 0 Å². The normalized spacial score (nSPS) is 10.3. The molecule has 1 aromatic carbocycles. The number of amides is 1. The predicted octanol–water partition coefficient (Wildman–Crippen LogP) is 1.64. The number of nitro groups is 1. The molecule has 0 fully saturated rings. The zero-order chi connectivity index (χ0) is 17.0. The Hall–Kier alpha value is -2.59. The van der Waals surface area contributed by atoms with Gasteiger partial charge >= 0.3 is 0 Å². The minimum Gasteiger partial charge on any atom is -0.383 e. The van der Waals surface area contributed by atoms with Crippen molar-refractivity contribution in [1.29, 1.82) is 0 Å². The minimum atomic E-state index is -0.647. The van der Waals surface area contributed by atoms with Crippen LogP contribution in [0.1, 0.15) is 0 Å². The summed E-state index contributed by atoms with van der Waals surface area (Å²) < 4.78 is 0. The third-order valence-electron chi connectivity index (χ3n) is 2.51. The lowest BCUT2D eigenvalue weighted by Crippen LogP contribution is -2.16. The van der Waals surface area contributed by atoms with Crippen LogP contribution in [0.4, 0.5) is 17.2 Å². The summed E-state index contributed by atoms with van der Waals surface area (Å²) in [7, 11) is 0. The van der Waals surface area contributed by atoms with Crippen LogP contribution in [-0.2, 0) is 4.79 Å². The summed E-state index contributed by atoms with van der Waals surface area (Å²) in [6, 6.07) is 5.01. The van der Waals surface area contributed by atoms with Crippen molar-refractivity contribution in [2.24, 2.45) is 0 Å². The van der Waals surface area contributed by atoms with Crippen LogP contribution in [-0.4, -0.2) is 26.6 Å². The van der Waals surface area contributed by atoms with Crippen LogP contribution in [0, 0.1) is 10.1 Å². The van der Waals surface area contributed by atoms with E-state index >= 15 is 0 Å². The number of aromatic nitrogens is 2. The second kappa shape index (κ2) is 7.11. The quantitative estimate of drug-likeness (QED) is 0.320. The highest BCUT2D eigenvalue weighted by molar-refractivity contribution is 7.99. The molecule has 4 N–H and O–H groups in total. The van der Waals surface area contributed by atoms with E-state index in [4.69, 9.17) is 17.3 Å². The molecule has 2 aromatic rings. The monoisotopic (exact) mass is 355 g/mol. The first-order valence-electron chi connectivity index (χ1n) is 6.08. The third-order valence-corrected chi connectivity index (χ3v) is 3.62. The summed E-state index contributed by atoms with van der Waals surface area (Å²) in [6.07, 6.45) is 0. The first-order valence-corrected chi connectivity index (χ1v) is 7.45. The molecule has 11 heteroatoms. The van der Waals surface area contributed by atoms with Crippen molar-refractivity contribution < 1.29 is 9.72 Å². The first-order chi connectivity index (χ1) is 10.8. The van der Waals surface area contributed by atoms with Crippen LogP contribution in [0.5, 0.6) is 0 Å². The number of nitrogen functional groups attached to an aromatic ring is 1. The molecule has 23 heavy (non-hydrogen) atoms. The maximum Gasteiger partial charge on any atom is 0.294 e. The van der Waals surface area contributed by atoms with E-state index in [1.807, 2.05) is 0 Å². The number of aromatic amines is 1. The van der Waals surface area contributed by atoms with E-state index in [0.29, 0.717) is 0 Å². The van der Waals surface area contributed by atoms with Gasteiger partial charge in [0.15, 0.2) is 5.16 Å². The molecular formula is C12H10ClN5O4S. The van der Waals surface area contributed by atoms with Gasteiger partial charge in [-0.05, 0) is 12.1 Å². The third kappa shape index (κ3) is 4.69. The van der Waals surface area contributed by atoms with Crippen molar-refractivity contribution in [3.05, 3.63) is 49.8 Å². The number of H-pyrrole nitrogens is 1. The standard InChI is InChI=1S/C12H10ClN5O4S/c13-6-1-2-7(8(3-6)18(21)22)15-11(20)5-23-12-16-9(14)4-10(19)17-12/h1-4H,5H2,(H,15,20)(H3,14,16,17,19). The maximum atomic E-state index is 11.9. The lowest BCUT2D eigenvalue weighted by atomic mass is 10.2. The molecule has 0 aliphatic rings. The van der Waals surface area contributed by atoms with Crippen LogP contribution < -0.4 is 16.6 Å². The molecular weight excluding hydrogens is 346 g/mol. The van der Waals surface area contributed by atoms with Gasteiger partial charge in [-0.25, -0.2) is 4.98 Å². The highest BCUT2D eigenvalue weighted by atomic mass is 35.5. The summed E-state index contributed by atoms with van der Waals surface area (Å²) >= 11 is 6.63. The number of carbonyl (C=O) groups excluding carboxylic acids is 1. The van der Waals surface area contributed by atoms with Crippen molar-refractivity contribution in [1.82, 2.24) is 9.97 Å². The van der Waals surface area contributed by atoms with Gasteiger partial charge in [0, 0.05) is 17.2 Å². The Bertz CT molecular complexity index is 825. The number of nitrogens with one attached hydrogen (secondary N) is 2. The molecule has 0 bridgehead atoms. The van der Waals surface area contributed by atoms with Gasteiger partial charge in [0.2, 0.25) is 5.91 Å². The first kappa shape index (κ1) is 16.8. The fourth-order valence-corrected chi connectivity index (χ4v) is 2.45. The summed E-state index contributed by atoms with van der Waals surface area (Å²) in [5.74, 6) is -0.595. The number of rotatable bonds is 5. The van der Waals surface area contributed by atoms with Crippen LogP contribution in [0.2, 0.25) is 5.02 Å². The van der Waals surface area contributed by atoms with Gasteiger partial charge in [0.1, 0.15) is 11.5 Å². The largest absolute Gasteiger partial charge is 0.383 e. The molecule has 9 nitrogen and oxygen atoms in total. The van der Waals surface area contributed by atoms with Crippen LogP contribution in [0.25, 0.3) is 0 Å². The summed E-state index contributed by atoms with van der Waals surface area (Å²) in [5, 5.41) is 13.7. The number of thioether (sulfide) groups is 1. The topological polar surface area (TPSA) is 144 Å². The number of nitrogens with zero attached hydrogens (tertiary/aromatic N) is 2. The molecule has 1 heterocycles. The molecule has 1 amide bonds. The van der Waals surface area contributed by atoms with Gasteiger partial charge in [-0.1, -0.05) is 23.4 Å². The Labute approximate surface area is 138 Å². The highest BCUT2D eigenvalue weighted by Crippen LogP contribution is 2.28. The van der Waals surface area contributed by atoms with E-state index in [1.165, 1.54) is 12.1 Å². The lowest BCUT2D eigenvalue weighted by Gasteiger charge is -2.06. The fraction of sp³-hybridized carbons (Fsp3) is 0.0833. The van der Waals surface area contributed by atoms with Crippen LogP contribution in [0.15, 0.2) is 34.2 Å². The van der Waals surface area contributed by atoms with Crippen molar-refractivity contribution in [2.75, 3.05) is 16.8 Å². The molecule has 0 unspecified atom stereocenters. The zero-order valence-corrected chi connectivity index (χ0v) is 13.0. The van der Waals surface area contributed by atoms with E-state index in [0.717, 1.165) is 23.9 Å². The molecule has 0 saturated heterocycles. The smallest absolute Gasteiger partial charge is 0.294 e. The molecule has 1 aromatic heterocycles. The average Bonchev–Trinajstić information content (AvgIpc) is 2.46. The Morgan fingerprint density at radius 3 is 2.87 bits per heavy atom. The number of carbonyl (C=O) groups is 1. The SMILES string of the molecule is Nc1cc(=O)[nH]c(SCC(=O)Nc2ccc(Cl)cc2[N+](=O)[O-])n1. The van der Waals surface area contributed by atoms with E-state index in [2.05, 4.69) is 15.3 Å². The van der Waals surface area contributed by atoms with E-state index in [-0.39, 0.29) is 33.1 Å². The van der Waals surface area contributed by atoms with Crippen molar-refractivity contribution >= 4 is 46.5 Å². The summed E-state index contributed by atoms with van der Waals surface area (Å²) in [6.45, 7) is 0. The van der Waals surface area contributed by atoms with Gasteiger partial charge in [0.05, 0.1) is 10.7 Å². The number of anilines is 2. The van der Waals surface area contributed by atoms with Gasteiger partial charge < -0.3 is 16.0 Å². The maximum absolute atomic E-state index is 11.9. The van der Waals surface area contributed by atoms with Crippen LogP contribution >= 0.6 is 23.4 Å². The van der Waals surface area contributed by atoms with Crippen molar-refractivity contribution in [3.8, 4) is 0 Å². The Morgan fingerprint density at radius 1 is 1.48 bits per heavy atom. The minimum absolute atomic E-state index is 0.0269. The summed E-state index contributed by atoms with van der Waals surface area (Å²) in [5.41, 5.74) is 4.70. The Balaban J connectivity index is 2.05. The molecule has 0 spiro atoms. The predicted molar refractivity (Wildman–Crippen MR) is 86.7 cm³/mol. The molecule has 0 saturated carbocycles. The van der Waals surface area contributed by atoms with Gasteiger partial charge in [-0.3, -0.25) is 19.7 Å². The number of nitro benzene ring substituents is 1. The van der Waals surface area contributed by atoms with E-state index in [9.17, 15) is 19.7 Å². The average molecular weight is 356 g/mol. The molecule has 120 valence electrons. The number of hydrogen-bond donors (Lipinski definition) is 3. The van der Waals surface area contributed by atoms with Gasteiger partial charge in [0.25, 0.3) is 11.2 Å². The molecule has 0 aliphatic heterocycles. The van der Waals surface area contributed by atoms with Gasteiger partial charge in [-0.2, -0.15) is 0 Å². The van der Waals surface area contributed by atoms with E-state index < -0.39 is 16.4 Å². The number of nitrogens with two attached hydrogens (primary N) is 1.